The fraction of sp³-hybridized carbons (Fsp3) is 0.400. The summed E-state index contributed by atoms with van der Waals surface area (Å²) in [7, 11) is 0. The molecule has 0 radical (unpaired) electrons. The standard InChI is InChI=1S/C30H28N6/c1(2-16-4-7-21-25(10-16)35-29(33-21)26-13-18-11-23(18)31-26)15-3-6-20-17(9-15)5-8-22-28(20)36-30(34-22)27-14-19-12-24(19)32-27/h3-4,6-7,9-10,18-19,23-24,26-27,31-32H,5,8,11-14H2,(H,33,35)(H,34,36)/t18?,19-,23?,24-,26+,27+/m1/s1. The van der Waals surface area contributed by atoms with Crippen molar-refractivity contribution in [3.63, 3.8) is 0 Å². The number of fused-ring (bicyclic) bond motifs is 6. The maximum Gasteiger partial charge on any atom is 0.124 e. The van der Waals surface area contributed by atoms with Crippen LogP contribution in [0.3, 0.4) is 0 Å². The molecule has 2 unspecified atom stereocenters. The highest BCUT2D eigenvalue weighted by molar-refractivity contribution is 5.77. The Morgan fingerprint density at radius 3 is 2.19 bits per heavy atom. The molecule has 4 aromatic rings. The van der Waals surface area contributed by atoms with E-state index in [0.717, 1.165) is 70.6 Å². The molecule has 0 amide bonds. The van der Waals surface area contributed by atoms with Crippen LogP contribution in [0.25, 0.3) is 22.3 Å². The minimum Gasteiger partial charge on any atom is -0.341 e. The molecule has 3 aliphatic carbocycles. The number of piperidine rings is 2. The van der Waals surface area contributed by atoms with Crippen LogP contribution < -0.4 is 10.6 Å². The van der Waals surface area contributed by atoms with Crippen LogP contribution in [0.2, 0.25) is 0 Å². The van der Waals surface area contributed by atoms with E-state index < -0.39 is 0 Å². The van der Waals surface area contributed by atoms with Crippen LogP contribution >= 0.6 is 0 Å². The summed E-state index contributed by atoms with van der Waals surface area (Å²) in [6.07, 6.45) is 7.12. The number of H-pyrrole nitrogens is 2. The van der Waals surface area contributed by atoms with Crippen molar-refractivity contribution < 1.29 is 0 Å². The lowest BCUT2D eigenvalue weighted by Gasteiger charge is -2.15. The number of benzene rings is 2. The smallest absolute Gasteiger partial charge is 0.124 e. The molecular weight excluding hydrogens is 444 g/mol. The Morgan fingerprint density at radius 2 is 1.44 bits per heavy atom. The second kappa shape index (κ2) is 7.09. The molecule has 4 N–H and O–H groups in total. The van der Waals surface area contributed by atoms with Gasteiger partial charge in [-0.2, -0.15) is 0 Å². The molecule has 5 aliphatic rings. The van der Waals surface area contributed by atoms with E-state index in [4.69, 9.17) is 9.97 Å². The van der Waals surface area contributed by atoms with Crippen LogP contribution in [0.4, 0.5) is 0 Å². The number of aryl methyl sites for hydroxylation is 2. The number of hydrogen-bond acceptors (Lipinski definition) is 4. The molecule has 178 valence electrons. The van der Waals surface area contributed by atoms with Crippen LogP contribution in [0.15, 0.2) is 36.4 Å². The lowest BCUT2D eigenvalue weighted by atomic mass is 9.91. The van der Waals surface area contributed by atoms with Crippen LogP contribution in [0.5, 0.6) is 0 Å². The van der Waals surface area contributed by atoms with Gasteiger partial charge in [0.2, 0.25) is 0 Å². The van der Waals surface area contributed by atoms with Gasteiger partial charge < -0.3 is 20.6 Å². The molecule has 6 heteroatoms. The molecule has 2 aromatic carbocycles. The Labute approximate surface area is 209 Å². The number of hydrogen-bond donors (Lipinski definition) is 4. The van der Waals surface area contributed by atoms with E-state index in [1.807, 2.05) is 0 Å². The van der Waals surface area contributed by atoms with Gasteiger partial charge in [-0.1, -0.05) is 17.9 Å². The van der Waals surface area contributed by atoms with E-state index in [1.165, 1.54) is 48.2 Å². The second-order valence-corrected chi connectivity index (χ2v) is 11.5. The number of aromatic nitrogens is 4. The third-order valence-corrected chi connectivity index (χ3v) is 9.07. The van der Waals surface area contributed by atoms with Crippen molar-refractivity contribution in [2.45, 2.75) is 62.7 Å². The highest BCUT2D eigenvalue weighted by Crippen LogP contribution is 2.47. The first-order valence-electron chi connectivity index (χ1n) is 13.5. The van der Waals surface area contributed by atoms with E-state index >= 15 is 0 Å². The van der Waals surface area contributed by atoms with Gasteiger partial charge in [0.1, 0.15) is 11.6 Å². The first-order chi connectivity index (χ1) is 17.7. The average Bonchev–Trinajstić information content (AvgIpc) is 3.50. The van der Waals surface area contributed by atoms with E-state index in [1.54, 1.807) is 0 Å². The molecule has 4 heterocycles. The maximum absolute atomic E-state index is 4.98. The van der Waals surface area contributed by atoms with Crippen molar-refractivity contribution in [2.24, 2.45) is 11.8 Å². The third-order valence-electron chi connectivity index (χ3n) is 9.07. The molecular formula is C30H28N6. The Kier molecular flexibility index (Phi) is 3.89. The highest BCUT2D eigenvalue weighted by atomic mass is 15.1. The average molecular weight is 473 g/mol. The predicted molar refractivity (Wildman–Crippen MR) is 138 cm³/mol. The summed E-state index contributed by atoms with van der Waals surface area (Å²) >= 11 is 0. The molecule has 9 rings (SSSR count). The topological polar surface area (TPSA) is 81.4 Å². The van der Waals surface area contributed by atoms with Crippen molar-refractivity contribution in [3.05, 3.63) is 70.4 Å². The first kappa shape index (κ1) is 19.7. The Bertz CT molecular complexity index is 1600. The molecule has 2 saturated carbocycles. The van der Waals surface area contributed by atoms with Crippen molar-refractivity contribution >= 4 is 11.0 Å². The van der Waals surface area contributed by atoms with Crippen LogP contribution in [-0.4, -0.2) is 32.0 Å². The van der Waals surface area contributed by atoms with Gasteiger partial charge in [-0.15, -0.1) is 0 Å². The summed E-state index contributed by atoms with van der Waals surface area (Å²) in [4.78, 5) is 17.0. The summed E-state index contributed by atoms with van der Waals surface area (Å²) in [5, 5.41) is 7.41. The van der Waals surface area contributed by atoms with E-state index in [-0.39, 0.29) is 0 Å². The number of aromatic amines is 2. The minimum atomic E-state index is 0.373. The van der Waals surface area contributed by atoms with Crippen LogP contribution in [-0.2, 0) is 12.8 Å². The predicted octanol–water partition coefficient (Wildman–Crippen LogP) is 4.30. The minimum absolute atomic E-state index is 0.373. The molecule has 0 bridgehead atoms. The molecule has 6 nitrogen and oxygen atoms in total. The third kappa shape index (κ3) is 3.13. The number of nitrogens with one attached hydrogen (secondary N) is 4. The van der Waals surface area contributed by atoms with Gasteiger partial charge in [-0.3, -0.25) is 0 Å². The van der Waals surface area contributed by atoms with Gasteiger partial charge >= 0.3 is 0 Å². The molecule has 2 saturated heterocycles. The van der Waals surface area contributed by atoms with Gasteiger partial charge in [0.25, 0.3) is 0 Å². The fourth-order valence-corrected chi connectivity index (χ4v) is 6.85. The quantitative estimate of drug-likeness (QED) is 0.328. The summed E-state index contributed by atoms with van der Waals surface area (Å²) in [6, 6.07) is 15.2. The molecule has 36 heavy (non-hydrogen) atoms. The number of rotatable bonds is 2. The zero-order valence-corrected chi connectivity index (χ0v) is 20.1. The Balaban J connectivity index is 0.973. The summed E-state index contributed by atoms with van der Waals surface area (Å²) in [5.74, 6) is 10.7. The van der Waals surface area contributed by atoms with Crippen molar-refractivity contribution in [3.8, 4) is 23.1 Å². The molecule has 2 aromatic heterocycles. The highest BCUT2D eigenvalue weighted by Gasteiger charge is 2.47. The lowest BCUT2D eigenvalue weighted by Crippen LogP contribution is -2.18. The van der Waals surface area contributed by atoms with Gasteiger partial charge in [0, 0.05) is 28.8 Å². The van der Waals surface area contributed by atoms with Gasteiger partial charge in [-0.25, -0.2) is 9.97 Å². The first-order valence-corrected chi connectivity index (χ1v) is 13.5. The Morgan fingerprint density at radius 1 is 0.722 bits per heavy atom. The van der Waals surface area contributed by atoms with Gasteiger partial charge in [0.15, 0.2) is 0 Å². The zero-order valence-electron chi connectivity index (χ0n) is 20.1. The van der Waals surface area contributed by atoms with Crippen LogP contribution in [0.1, 0.15) is 71.8 Å². The fourth-order valence-electron chi connectivity index (χ4n) is 6.85. The van der Waals surface area contributed by atoms with Gasteiger partial charge in [0.05, 0.1) is 34.5 Å². The molecule has 2 aliphatic heterocycles. The normalized spacial score (nSPS) is 30.8. The van der Waals surface area contributed by atoms with E-state index in [0.29, 0.717) is 12.1 Å². The van der Waals surface area contributed by atoms with Crippen molar-refractivity contribution in [1.29, 1.82) is 0 Å². The summed E-state index contributed by atoms with van der Waals surface area (Å²) in [6.45, 7) is 0. The van der Waals surface area contributed by atoms with E-state index in [2.05, 4.69) is 68.8 Å². The summed E-state index contributed by atoms with van der Waals surface area (Å²) < 4.78 is 0. The van der Waals surface area contributed by atoms with Gasteiger partial charge in [-0.05, 0) is 86.3 Å². The van der Waals surface area contributed by atoms with Crippen molar-refractivity contribution in [1.82, 2.24) is 30.6 Å². The molecule has 6 atom stereocenters. The van der Waals surface area contributed by atoms with E-state index in [9.17, 15) is 0 Å². The molecule has 4 fully saturated rings. The SMILES string of the molecule is C(#Cc1ccc2nc([C@@H]3CC4CC4N3)[nH]c2c1)c1ccc2c(c1)CCc1nc([C@@H]3C[C@H]4C[C@H]4N3)[nH]c1-2. The van der Waals surface area contributed by atoms with Crippen molar-refractivity contribution in [2.75, 3.05) is 0 Å². The largest absolute Gasteiger partial charge is 0.341 e. The second-order valence-electron chi connectivity index (χ2n) is 11.5. The zero-order chi connectivity index (χ0) is 23.4. The monoisotopic (exact) mass is 472 g/mol. The molecule has 0 spiro atoms. The maximum atomic E-state index is 4.98. The Hall–Kier alpha value is -3.40. The summed E-state index contributed by atoms with van der Waals surface area (Å²) in [5.41, 5.74) is 9.25. The number of imidazole rings is 2. The lowest BCUT2D eigenvalue weighted by molar-refractivity contribution is 0.542. The number of nitrogens with zero attached hydrogens (tertiary/aromatic N) is 2. The van der Waals surface area contributed by atoms with Crippen LogP contribution in [0, 0.1) is 23.7 Å².